The van der Waals surface area contributed by atoms with E-state index in [0.717, 1.165) is 12.8 Å². The molecule has 0 aliphatic carbocycles. The van der Waals surface area contributed by atoms with Gasteiger partial charge in [-0.25, -0.2) is 0 Å². The van der Waals surface area contributed by atoms with Crippen LogP contribution in [0, 0.1) is 11.8 Å². The van der Waals surface area contributed by atoms with Crippen molar-refractivity contribution in [1.29, 1.82) is 0 Å². The molecule has 0 aromatic heterocycles. The molecule has 0 heterocycles. The van der Waals surface area contributed by atoms with Crippen LogP contribution in [-0.2, 0) is 9.53 Å². The van der Waals surface area contributed by atoms with Gasteiger partial charge in [0.1, 0.15) is 6.10 Å². The second-order valence-corrected chi connectivity index (χ2v) is 4.63. The van der Waals surface area contributed by atoms with Gasteiger partial charge in [-0.15, -0.1) is 0 Å². The Morgan fingerprint density at radius 1 is 1.30 bits per heavy atom. The van der Waals surface area contributed by atoms with E-state index in [1.165, 1.54) is 38.7 Å². The molecule has 3 heteroatoms. The maximum atomic E-state index is 11.0. The van der Waals surface area contributed by atoms with Crippen molar-refractivity contribution in [3.8, 4) is 11.8 Å². The second-order valence-electron chi connectivity index (χ2n) is 4.63. The lowest BCUT2D eigenvalue weighted by Gasteiger charge is -2.06. The zero-order chi connectivity index (χ0) is 15.2. The fourth-order valence-electron chi connectivity index (χ4n) is 1.61. The van der Waals surface area contributed by atoms with Gasteiger partial charge in [0.05, 0.1) is 0 Å². The topological polar surface area (TPSA) is 46.5 Å². The summed E-state index contributed by atoms with van der Waals surface area (Å²) >= 11 is 0. The molecule has 0 aliphatic rings. The summed E-state index contributed by atoms with van der Waals surface area (Å²) in [5.74, 6) is 4.89. The fourth-order valence-corrected chi connectivity index (χ4v) is 1.61. The highest BCUT2D eigenvalue weighted by molar-refractivity contribution is 5.66. The van der Waals surface area contributed by atoms with Crippen LogP contribution in [0.5, 0.6) is 0 Å². The third kappa shape index (κ3) is 11.6. The third-order valence-electron chi connectivity index (χ3n) is 2.67. The number of carbonyl (C=O) groups excluding carboxylic acids is 1. The molecule has 0 aromatic carbocycles. The van der Waals surface area contributed by atoms with Gasteiger partial charge in [0, 0.05) is 6.92 Å². The molecule has 0 radical (unpaired) electrons. The number of hydrogen-bond donors (Lipinski definition) is 1. The van der Waals surface area contributed by atoms with Gasteiger partial charge >= 0.3 is 5.97 Å². The van der Waals surface area contributed by atoms with Gasteiger partial charge < -0.3 is 9.84 Å². The van der Waals surface area contributed by atoms with E-state index in [0.29, 0.717) is 0 Å². The standard InChI is InChI=1S/C17H26O3/c1-4-6-7-8-9-10-11-12-17(20-15(3)18)14-13-16(19)5-2/h5,11-12,16-17,19H,2,4,6-10H2,1,3H3. The van der Waals surface area contributed by atoms with Gasteiger partial charge in [0.15, 0.2) is 6.10 Å². The number of carbonyl (C=O) groups is 1. The van der Waals surface area contributed by atoms with Crippen LogP contribution in [0.4, 0.5) is 0 Å². The number of allylic oxidation sites excluding steroid dienone is 1. The number of ether oxygens (including phenoxy) is 1. The summed E-state index contributed by atoms with van der Waals surface area (Å²) in [5.41, 5.74) is 0. The first-order valence-electron chi connectivity index (χ1n) is 7.25. The summed E-state index contributed by atoms with van der Waals surface area (Å²) in [6, 6.07) is 0. The summed E-state index contributed by atoms with van der Waals surface area (Å²) in [6.45, 7) is 6.97. The average molecular weight is 278 g/mol. The molecule has 0 aromatic rings. The van der Waals surface area contributed by atoms with E-state index in [4.69, 9.17) is 4.74 Å². The Kier molecular flexibility index (Phi) is 11.5. The van der Waals surface area contributed by atoms with Crippen molar-refractivity contribution in [2.24, 2.45) is 0 Å². The molecular weight excluding hydrogens is 252 g/mol. The van der Waals surface area contributed by atoms with Crippen molar-refractivity contribution in [2.75, 3.05) is 0 Å². The Labute approximate surface area is 122 Å². The van der Waals surface area contributed by atoms with Crippen LogP contribution < -0.4 is 0 Å². The minimum atomic E-state index is -0.893. The minimum Gasteiger partial charge on any atom is -0.445 e. The van der Waals surface area contributed by atoms with Crippen LogP contribution in [0.25, 0.3) is 0 Å². The highest BCUT2D eigenvalue weighted by Gasteiger charge is 2.03. The molecule has 0 bridgehead atoms. The Morgan fingerprint density at radius 3 is 2.60 bits per heavy atom. The summed E-state index contributed by atoms with van der Waals surface area (Å²) in [5, 5.41) is 9.28. The number of rotatable bonds is 9. The molecule has 20 heavy (non-hydrogen) atoms. The first kappa shape index (κ1) is 18.5. The maximum Gasteiger partial charge on any atom is 0.304 e. The molecule has 0 saturated heterocycles. The zero-order valence-corrected chi connectivity index (χ0v) is 12.6. The lowest BCUT2D eigenvalue weighted by molar-refractivity contribution is -0.142. The monoisotopic (exact) mass is 278 g/mol. The molecule has 0 aliphatic heterocycles. The Bertz CT molecular complexity index is 360. The Morgan fingerprint density at radius 2 is 2.00 bits per heavy atom. The van der Waals surface area contributed by atoms with E-state index in [1.807, 2.05) is 6.08 Å². The first-order valence-corrected chi connectivity index (χ1v) is 7.25. The van der Waals surface area contributed by atoms with Crippen molar-refractivity contribution in [3.63, 3.8) is 0 Å². The van der Waals surface area contributed by atoms with Crippen LogP contribution in [0.1, 0.15) is 52.4 Å². The molecule has 0 fully saturated rings. The van der Waals surface area contributed by atoms with E-state index in [2.05, 4.69) is 25.3 Å². The molecule has 0 amide bonds. The van der Waals surface area contributed by atoms with Crippen LogP contribution in [0.15, 0.2) is 24.8 Å². The van der Waals surface area contributed by atoms with E-state index < -0.39 is 12.2 Å². The minimum absolute atomic E-state index is 0.384. The van der Waals surface area contributed by atoms with Gasteiger partial charge in [-0.2, -0.15) is 0 Å². The first-order chi connectivity index (χ1) is 9.60. The summed E-state index contributed by atoms with van der Waals surface area (Å²) in [4.78, 5) is 11.0. The normalized spacial score (nSPS) is 13.3. The third-order valence-corrected chi connectivity index (χ3v) is 2.67. The zero-order valence-electron chi connectivity index (χ0n) is 12.6. The van der Waals surface area contributed by atoms with Gasteiger partial charge in [0.25, 0.3) is 0 Å². The predicted molar refractivity (Wildman–Crippen MR) is 82.0 cm³/mol. The lowest BCUT2D eigenvalue weighted by Crippen LogP contribution is -2.12. The maximum absolute atomic E-state index is 11.0. The molecule has 2 atom stereocenters. The van der Waals surface area contributed by atoms with Crippen molar-refractivity contribution in [3.05, 3.63) is 24.8 Å². The quantitative estimate of drug-likeness (QED) is 0.304. The molecule has 112 valence electrons. The summed E-state index contributed by atoms with van der Waals surface area (Å²) in [7, 11) is 0. The lowest BCUT2D eigenvalue weighted by atomic mass is 10.1. The number of esters is 1. The molecule has 1 N–H and O–H groups in total. The Hall–Kier alpha value is -1.53. The number of aliphatic hydroxyl groups excluding tert-OH is 1. The van der Waals surface area contributed by atoms with Crippen LogP contribution in [0.3, 0.4) is 0 Å². The van der Waals surface area contributed by atoms with Gasteiger partial charge in [-0.05, 0) is 18.9 Å². The van der Waals surface area contributed by atoms with Gasteiger partial charge in [0.2, 0.25) is 0 Å². The van der Waals surface area contributed by atoms with Crippen LogP contribution in [0.2, 0.25) is 0 Å². The van der Waals surface area contributed by atoms with E-state index >= 15 is 0 Å². The van der Waals surface area contributed by atoms with Crippen LogP contribution >= 0.6 is 0 Å². The predicted octanol–water partition coefficient (Wildman–Crippen LogP) is 3.39. The molecule has 2 unspecified atom stereocenters. The van der Waals surface area contributed by atoms with E-state index in [1.54, 1.807) is 6.08 Å². The number of hydrogen-bond acceptors (Lipinski definition) is 3. The largest absolute Gasteiger partial charge is 0.445 e. The Balaban J connectivity index is 4.17. The van der Waals surface area contributed by atoms with E-state index in [9.17, 15) is 9.90 Å². The average Bonchev–Trinajstić information content (AvgIpc) is 2.42. The van der Waals surface area contributed by atoms with Crippen LogP contribution in [-0.4, -0.2) is 23.3 Å². The van der Waals surface area contributed by atoms with Crippen molar-refractivity contribution in [2.45, 2.75) is 64.6 Å². The molecular formula is C17H26O3. The molecule has 3 nitrogen and oxygen atoms in total. The summed E-state index contributed by atoms with van der Waals surface area (Å²) in [6.07, 6.45) is 10.7. The molecule has 0 rings (SSSR count). The van der Waals surface area contributed by atoms with Crippen molar-refractivity contribution in [1.82, 2.24) is 0 Å². The van der Waals surface area contributed by atoms with Crippen molar-refractivity contribution >= 4 is 5.97 Å². The van der Waals surface area contributed by atoms with E-state index in [-0.39, 0.29) is 5.97 Å². The number of unbranched alkanes of at least 4 members (excludes halogenated alkanes) is 5. The molecule has 0 spiro atoms. The summed E-state index contributed by atoms with van der Waals surface area (Å²) < 4.78 is 5.05. The van der Waals surface area contributed by atoms with Crippen molar-refractivity contribution < 1.29 is 14.6 Å². The SMILES string of the molecule is C=CC(O)C#CC(C=CCCCCCCC)OC(C)=O. The van der Waals surface area contributed by atoms with Gasteiger partial charge in [-0.1, -0.05) is 63.2 Å². The highest BCUT2D eigenvalue weighted by Crippen LogP contribution is 2.06. The second kappa shape index (κ2) is 12.5. The molecule has 0 saturated carbocycles. The smallest absolute Gasteiger partial charge is 0.304 e. The number of aliphatic hydroxyl groups is 1. The highest BCUT2D eigenvalue weighted by atomic mass is 16.5. The van der Waals surface area contributed by atoms with Gasteiger partial charge in [-0.3, -0.25) is 4.79 Å². The fraction of sp³-hybridized carbons (Fsp3) is 0.588.